The van der Waals surface area contributed by atoms with Gasteiger partial charge in [-0.3, -0.25) is 4.90 Å². The third-order valence-corrected chi connectivity index (χ3v) is 5.89. The first-order valence-electron chi connectivity index (χ1n) is 8.53. The first kappa shape index (κ1) is 16.3. The van der Waals surface area contributed by atoms with Crippen LogP contribution >= 0.6 is 0 Å². The van der Waals surface area contributed by atoms with Gasteiger partial charge >= 0.3 is 0 Å². The molecule has 20 heavy (non-hydrogen) atoms. The van der Waals surface area contributed by atoms with Crippen LogP contribution in [0.2, 0.25) is 0 Å². The van der Waals surface area contributed by atoms with E-state index < -0.39 is 0 Å². The lowest BCUT2D eigenvalue weighted by molar-refractivity contribution is -0.0946. The van der Waals surface area contributed by atoms with Gasteiger partial charge in [0.05, 0.1) is 6.10 Å². The van der Waals surface area contributed by atoms with Crippen LogP contribution in [-0.4, -0.2) is 42.8 Å². The Balaban J connectivity index is 2.05. The van der Waals surface area contributed by atoms with Gasteiger partial charge in [-0.05, 0) is 57.4 Å². The van der Waals surface area contributed by atoms with Crippen molar-refractivity contribution in [3.63, 3.8) is 0 Å². The molecule has 2 unspecified atom stereocenters. The summed E-state index contributed by atoms with van der Waals surface area (Å²) in [6.45, 7) is 8.55. The molecule has 1 aliphatic heterocycles. The minimum Gasteiger partial charge on any atom is -0.378 e. The Kier molecular flexibility index (Phi) is 5.49. The van der Waals surface area contributed by atoms with Crippen LogP contribution in [-0.2, 0) is 4.74 Å². The second-order valence-corrected chi connectivity index (χ2v) is 7.56. The second kappa shape index (κ2) is 6.76. The highest BCUT2D eigenvalue weighted by Crippen LogP contribution is 2.37. The smallest absolute Gasteiger partial charge is 0.0616 e. The topological polar surface area (TPSA) is 38.5 Å². The molecular weight excluding hydrogens is 248 g/mol. The number of likely N-dealkylation sites (N-methyl/N-ethyl adjacent to an activating group) is 1. The zero-order valence-corrected chi connectivity index (χ0v) is 13.9. The van der Waals surface area contributed by atoms with Crippen LogP contribution in [0, 0.1) is 11.8 Å². The monoisotopic (exact) mass is 282 g/mol. The van der Waals surface area contributed by atoms with Gasteiger partial charge in [0, 0.05) is 24.7 Å². The molecule has 0 aromatic carbocycles. The third kappa shape index (κ3) is 3.37. The van der Waals surface area contributed by atoms with Crippen LogP contribution in [0.3, 0.4) is 0 Å². The van der Waals surface area contributed by atoms with Crippen molar-refractivity contribution in [2.24, 2.45) is 17.6 Å². The van der Waals surface area contributed by atoms with Gasteiger partial charge < -0.3 is 10.5 Å². The summed E-state index contributed by atoms with van der Waals surface area (Å²) in [6, 6.07) is 0.723. The summed E-state index contributed by atoms with van der Waals surface area (Å²) in [4.78, 5) is 2.64. The van der Waals surface area contributed by atoms with Crippen molar-refractivity contribution in [1.29, 1.82) is 0 Å². The molecule has 0 aromatic rings. The van der Waals surface area contributed by atoms with Gasteiger partial charge in [-0.1, -0.05) is 20.8 Å². The van der Waals surface area contributed by atoms with Crippen molar-refractivity contribution in [2.45, 2.75) is 77.0 Å². The fraction of sp³-hybridized carbons (Fsp3) is 1.00. The molecule has 118 valence electrons. The standard InChI is InChI=1S/C17H34N2O/c1-13(2)16-11-17(12-18,9-10-20-16)19(4)15-7-5-14(3)6-8-15/h13-16H,5-12,18H2,1-4H3. The normalized spacial score (nSPS) is 39.5. The summed E-state index contributed by atoms with van der Waals surface area (Å²) < 4.78 is 5.97. The summed E-state index contributed by atoms with van der Waals surface area (Å²) >= 11 is 0. The molecule has 2 N–H and O–H groups in total. The van der Waals surface area contributed by atoms with Gasteiger partial charge in [0.15, 0.2) is 0 Å². The van der Waals surface area contributed by atoms with Gasteiger partial charge in [0.25, 0.3) is 0 Å². The minimum atomic E-state index is 0.165. The molecule has 2 aliphatic rings. The molecule has 1 heterocycles. The molecule has 0 radical (unpaired) electrons. The lowest BCUT2D eigenvalue weighted by Crippen LogP contribution is -2.61. The molecule has 0 bridgehead atoms. The van der Waals surface area contributed by atoms with Crippen LogP contribution in [0.4, 0.5) is 0 Å². The van der Waals surface area contributed by atoms with E-state index in [9.17, 15) is 0 Å². The Morgan fingerprint density at radius 3 is 2.45 bits per heavy atom. The quantitative estimate of drug-likeness (QED) is 0.861. The van der Waals surface area contributed by atoms with E-state index in [1.165, 1.54) is 25.7 Å². The highest BCUT2D eigenvalue weighted by molar-refractivity contribution is 4.98. The van der Waals surface area contributed by atoms with E-state index in [4.69, 9.17) is 10.5 Å². The van der Waals surface area contributed by atoms with Crippen molar-refractivity contribution in [3.8, 4) is 0 Å². The molecular formula is C17H34N2O. The van der Waals surface area contributed by atoms with Crippen LogP contribution in [0.15, 0.2) is 0 Å². The van der Waals surface area contributed by atoms with Crippen LogP contribution in [0.5, 0.6) is 0 Å². The summed E-state index contributed by atoms with van der Waals surface area (Å²) in [5.74, 6) is 1.49. The van der Waals surface area contributed by atoms with E-state index in [0.717, 1.165) is 38.0 Å². The first-order chi connectivity index (χ1) is 9.48. The molecule has 2 atom stereocenters. The number of nitrogens with two attached hydrogens (primary N) is 1. The van der Waals surface area contributed by atoms with E-state index in [-0.39, 0.29) is 5.54 Å². The van der Waals surface area contributed by atoms with E-state index in [1.54, 1.807) is 0 Å². The van der Waals surface area contributed by atoms with Gasteiger partial charge in [0.1, 0.15) is 0 Å². The third-order valence-electron chi connectivity index (χ3n) is 5.89. The van der Waals surface area contributed by atoms with E-state index in [0.29, 0.717) is 12.0 Å². The molecule has 2 fully saturated rings. The summed E-state index contributed by atoms with van der Waals surface area (Å²) in [6.07, 6.45) is 8.00. The van der Waals surface area contributed by atoms with Crippen molar-refractivity contribution in [1.82, 2.24) is 4.90 Å². The number of rotatable bonds is 4. The predicted octanol–water partition coefficient (Wildman–Crippen LogP) is 3.03. The summed E-state index contributed by atoms with van der Waals surface area (Å²) in [5.41, 5.74) is 6.40. The van der Waals surface area contributed by atoms with Gasteiger partial charge in [-0.15, -0.1) is 0 Å². The van der Waals surface area contributed by atoms with Gasteiger partial charge in [-0.25, -0.2) is 0 Å². The van der Waals surface area contributed by atoms with Gasteiger partial charge in [-0.2, -0.15) is 0 Å². The molecule has 2 rings (SSSR count). The average Bonchev–Trinajstić information content (AvgIpc) is 2.47. The highest BCUT2D eigenvalue weighted by Gasteiger charge is 2.42. The Labute approximate surface area is 125 Å². The summed E-state index contributed by atoms with van der Waals surface area (Å²) in [7, 11) is 2.32. The lowest BCUT2D eigenvalue weighted by atomic mass is 9.78. The Bertz CT molecular complexity index is 299. The molecule has 0 amide bonds. The van der Waals surface area contributed by atoms with Crippen LogP contribution < -0.4 is 5.73 Å². The first-order valence-corrected chi connectivity index (χ1v) is 8.53. The largest absolute Gasteiger partial charge is 0.378 e. The van der Waals surface area contributed by atoms with E-state index in [2.05, 4.69) is 32.7 Å². The molecule has 0 spiro atoms. The zero-order chi connectivity index (χ0) is 14.8. The zero-order valence-electron chi connectivity index (χ0n) is 13.9. The maximum Gasteiger partial charge on any atom is 0.0616 e. The molecule has 1 aliphatic carbocycles. The molecule has 1 saturated heterocycles. The van der Waals surface area contributed by atoms with Crippen molar-refractivity contribution in [3.05, 3.63) is 0 Å². The Morgan fingerprint density at radius 2 is 1.90 bits per heavy atom. The molecule has 0 aromatic heterocycles. The predicted molar refractivity (Wildman–Crippen MR) is 84.8 cm³/mol. The Hall–Kier alpha value is -0.120. The van der Waals surface area contributed by atoms with Crippen molar-refractivity contribution in [2.75, 3.05) is 20.2 Å². The second-order valence-electron chi connectivity index (χ2n) is 7.56. The van der Waals surface area contributed by atoms with Crippen molar-refractivity contribution < 1.29 is 4.74 Å². The number of hydrogen-bond acceptors (Lipinski definition) is 3. The maximum atomic E-state index is 6.24. The maximum absolute atomic E-state index is 6.24. The van der Waals surface area contributed by atoms with E-state index in [1.807, 2.05) is 0 Å². The Morgan fingerprint density at radius 1 is 1.25 bits per heavy atom. The SMILES string of the molecule is CC1CCC(N(C)C2(CN)CCOC(C(C)C)C2)CC1. The number of hydrogen-bond donors (Lipinski definition) is 1. The minimum absolute atomic E-state index is 0.165. The molecule has 1 saturated carbocycles. The van der Waals surface area contributed by atoms with E-state index >= 15 is 0 Å². The summed E-state index contributed by atoms with van der Waals surface area (Å²) in [5, 5.41) is 0. The fourth-order valence-corrected chi connectivity index (χ4v) is 4.03. The average molecular weight is 282 g/mol. The number of ether oxygens (including phenoxy) is 1. The van der Waals surface area contributed by atoms with Gasteiger partial charge in [0.2, 0.25) is 0 Å². The fourth-order valence-electron chi connectivity index (χ4n) is 4.03. The van der Waals surface area contributed by atoms with Crippen molar-refractivity contribution >= 4 is 0 Å². The molecule has 3 nitrogen and oxygen atoms in total. The highest BCUT2D eigenvalue weighted by atomic mass is 16.5. The number of nitrogens with zero attached hydrogens (tertiary/aromatic N) is 1. The lowest BCUT2D eigenvalue weighted by Gasteiger charge is -2.51. The molecule has 3 heteroatoms. The van der Waals surface area contributed by atoms with Crippen LogP contribution in [0.25, 0.3) is 0 Å². The van der Waals surface area contributed by atoms with Crippen LogP contribution in [0.1, 0.15) is 59.3 Å².